The highest BCUT2D eigenvalue weighted by Crippen LogP contribution is 2.42. The van der Waals surface area contributed by atoms with E-state index in [1.165, 1.54) is 0 Å². The second kappa shape index (κ2) is 7.33. The number of allylic oxidation sites excluding steroid dienone is 1. The van der Waals surface area contributed by atoms with E-state index in [4.69, 9.17) is 4.74 Å². The van der Waals surface area contributed by atoms with Crippen molar-refractivity contribution < 1.29 is 14.3 Å². The van der Waals surface area contributed by atoms with Crippen LogP contribution in [0.2, 0.25) is 0 Å². The fourth-order valence-electron chi connectivity index (χ4n) is 4.01. The van der Waals surface area contributed by atoms with Crippen molar-refractivity contribution in [2.45, 2.75) is 59.8 Å². The molecule has 0 N–H and O–H groups in total. The van der Waals surface area contributed by atoms with E-state index >= 15 is 0 Å². The lowest BCUT2D eigenvalue weighted by Crippen LogP contribution is -2.43. The third-order valence-corrected chi connectivity index (χ3v) is 5.06. The fraction of sp³-hybridized carbons (Fsp3) is 0.524. The number of carbonyl (C=O) groups excluding carboxylic acids is 2. The largest absolute Gasteiger partial charge is 0.465 e. The Morgan fingerprint density at radius 2 is 1.62 bits per heavy atom. The predicted molar refractivity (Wildman–Crippen MR) is 96.8 cm³/mol. The Morgan fingerprint density at radius 1 is 1.08 bits per heavy atom. The second-order valence-electron chi connectivity index (χ2n) is 6.94. The normalized spacial score (nSPS) is 16.5. The fourth-order valence-corrected chi connectivity index (χ4v) is 4.01. The number of hydrogen-bond donors (Lipinski definition) is 0. The van der Waals surface area contributed by atoms with Crippen molar-refractivity contribution in [2.24, 2.45) is 5.41 Å². The van der Waals surface area contributed by atoms with Gasteiger partial charge in [0.2, 0.25) is 0 Å². The summed E-state index contributed by atoms with van der Waals surface area (Å²) in [5, 5.41) is 0. The molecule has 2 rings (SSSR count). The zero-order valence-corrected chi connectivity index (χ0v) is 15.3. The lowest BCUT2D eigenvalue weighted by atomic mass is 9.68. The highest BCUT2D eigenvalue weighted by atomic mass is 16.5. The third-order valence-electron chi connectivity index (χ3n) is 5.06. The summed E-state index contributed by atoms with van der Waals surface area (Å²) in [4.78, 5) is 26.0. The number of ether oxygens (including phenoxy) is 1. The van der Waals surface area contributed by atoms with Gasteiger partial charge in [0.15, 0.2) is 5.78 Å². The highest BCUT2D eigenvalue weighted by Gasteiger charge is 2.48. The van der Waals surface area contributed by atoms with Crippen LogP contribution < -0.4 is 0 Å². The van der Waals surface area contributed by atoms with Crippen LogP contribution in [0, 0.1) is 26.2 Å². The van der Waals surface area contributed by atoms with E-state index in [9.17, 15) is 9.59 Å². The monoisotopic (exact) mass is 328 g/mol. The Morgan fingerprint density at radius 3 is 2.12 bits per heavy atom. The molecule has 1 aromatic rings. The Balaban J connectivity index is 2.43. The van der Waals surface area contributed by atoms with Crippen LogP contribution in [0.1, 0.15) is 61.3 Å². The smallest absolute Gasteiger partial charge is 0.320 e. The van der Waals surface area contributed by atoms with Crippen molar-refractivity contribution in [1.82, 2.24) is 0 Å². The minimum atomic E-state index is -1.05. The van der Waals surface area contributed by atoms with E-state index in [-0.39, 0.29) is 11.8 Å². The minimum Gasteiger partial charge on any atom is -0.465 e. The number of ketones is 1. The maximum atomic E-state index is 13.3. The van der Waals surface area contributed by atoms with E-state index in [0.29, 0.717) is 25.0 Å². The number of hydrogen-bond acceptors (Lipinski definition) is 3. The van der Waals surface area contributed by atoms with Crippen LogP contribution in [0.25, 0.3) is 5.57 Å². The molecule has 1 saturated carbocycles. The summed E-state index contributed by atoms with van der Waals surface area (Å²) >= 11 is 0. The Kier molecular flexibility index (Phi) is 5.63. The Labute approximate surface area is 145 Å². The molecule has 0 aliphatic heterocycles. The van der Waals surface area contributed by atoms with Crippen molar-refractivity contribution in [1.29, 1.82) is 0 Å². The minimum absolute atomic E-state index is 0.157. The Hall–Kier alpha value is -1.90. The van der Waals surface area contributed by atoms with E-state index in [0.717, 1.165) is 41.5 Å². The van der Waals surface area contributed by atoms with Gasteiger partial charge in [0.05, 0.1) is 6.61 Å². The molecule has 0 bridgehead atoms. The molecule has 0 amide bonds. The average Bonchev–Trinajstić information content (AvgIpc) is 2.53. The molecule has 0 heterocycles. The molecule has 0 aromatic heterocycles. The molecule has 0 saturated heterocycles. The van der Waals surface area contributed by atoms with Crippen molar-refractivity contribution in [3.05, 3.63) is 41.0 Å². The number of carbonyl (C=O) groups is 2. The molecule has 3 heteroatoms. The first-order valence-corrected chi connectivity index (χ1v) is 8.82. The zero-order chi connectivity index (χ0) is 17.9. The molecule has 0 spiro atoms. The van der Waals surface area contributed by atoms with E-state index in [1.807, 2.05) is 20.8 Å². The van der Waals surface area contributed by atoms with Crippen molar-refractivity contribution in [3.8, 4) is 0 Å². The first-order valence-electron chi connectivity index (χ1n) is 8.82. The van der Waals surface area contributed by atoms with Crippen LogP contribution in [0.15, 0.2) is 18.7 Å². The van der Waals surface area contributed by atoms with Crippen LogP contribution >= 0.6 is 0 Å². The topological polar surface area (TPSA) is 43.4 Å². The van der Waals surface area contributed by atoms with Crippen LogP contribution in [0.4, 0.5) is 0 Å². The SMILES string of the molecule is C=C(C(=O)C1(C(=O)OCC)CCCCC1)c1c(C)cc(C)cc1C. The number of esters is 1. The van der Waals surface area contributed by atoms with Gasteiger partial charge in [0.25, 0.3) is 0 Å². The standard InChI is InChI=1S/C21H28O3/c1-6-24-20(23)21(10-8-7-9-11-21)19(22)17(5)18-15(3)12-14(2)13-16(18)4/h12-13H,5-11H2,1-4H3. The quantitative estimate of drug-likeness (QED) is 0.447. The maximum Gasteiger partial charge on any atom is 0.320 e. The zero-order valence-electron chi connectivity index (χ0n) is 15.3. The molecule has 130 valence electrons. The van der Waals surface area contributed by atoms with Gasteiger partial charge in [-0.15, -0.1) is 0 Å². The van der Waals surface area contributed by atoms with Crippen LogP contribution in [0.3, 0.4) is 0 Å². The van der Waals surface area contributed by atoms with E-state index in [1.54, 1.807) is 6.92 Å². The number of benzene rings is 1. The average molecular weight is 328 g/mol. The van der Waals surface area contributed by atoms with Crippen LogP contribution in [-0.2, 0) is 14.3 Å². The highest BCUT2D eigenvalue weighted by molar-refractivity contribution is 6.28. The number of rotatable bonds is 5. The summed E-state index contributed by atoms with van der Waals surface area (Å²) in [6.45, 7) is 12.2. The lowest BCUT2D eigenvalue weighted by Gasteiger charge is -2.34. The molecule has 0 radical (unpaired) electrons. The third kappa shape index (κ3) is 3.31. The van der Waals surface area contributed by atoms with E-state index in [2.05, 4.69) is 18.7 Å². The summed E-state index contributed by atoms with van der Waals surface area (Å²) < 4.78 is 5.27. The molecule has 1 aliphatic carbocycles. The van der Waals surface area contributed by atoms with Gasteiger partial charge in [-0.3, -0.25) is 9.59 Å². The van der Waals surface area contributed by atoms with Gasteiger partial charge in [0, 0.05) is 5.57 Å². The van der Waals surface area contributed by atoms with Crippen molar-refractivity contribution in [2.75, 3.05) is 6.61 Å². The molecular weight excluding hydrogens is 300 g/mol. The van der Waals surface area contributed by atoms with Crippen LogP contribution in [0.5, 0.6) is 0 Å². The van der Waals surface area contributed by atoms with Gasteiger partial charge in [-0.1, -0.05) is 43.5 Å². The molecule has 0 unspecified atom stereocenters. The van der Waals surface area contributed by atoms with Crippen LogP contribution in [-0.4, -0.2) is 18.4 Å². The molecule has 1 aromatic carbocycles. The van der Waals surface area contributed by atoms with Gasteiger partial charge in [-0.2, -0.15) is 0 Å². The summed E-state index contributed by atoms with van der Waals surface area (Å²) in [5.74, 6) is -0.533. The summed E-state index contributed by atoms with van der Waals surface area (Å²) in [6.07, 6.45) is 3.94. The first-order chi connectivity index (χ1) is 11.3. The molecule has 1 fully saturated rings. The van der Waals surface area contributed by atoms with E-state index < -0.39 is 5.41 Å². The second-order valence-corrected chi connectivity index (χ2v) is 6.94. The summed E-state index contributed by atoms with van der Waals surface area (Å²) in [5.41, 5.74) is 3.49. The summed E-state index contributed by atoms with van der Waals surface area (Å²) in [7, 11) is 0. The van der Waals surface area contributed by atoms with Gasteiger partial charge in [0.1, 0.15) is 5.41 Å². The first kappa shape index (κ1) is 18.4. The van der Waals surface area contributed by atoms with Crippen molar-refractivity contribution >= 4 is 17.3 Å². The number of Topliss-reactive ketones (excluding diaryl/α,β-unsaturated/α-hetero) is 1. The van der Waals surface area contributed by atoms with Crippen molar-refractivity contribution in [3.63, 3.8) is 0 Å². The lowest BCUT2D eigenvalue weighted by molar-refractivity contribution is -0.160. The Bertz CT molecular complexity index is 641. The molecule has 1 aliphatic rings. The summed E-state index contributed by atoms with van der Waals surface area (Å²) in [6, 6.07) is 4.11. The molecular formula is C21H28O3. The number of aryl methyl sites for hydroxylation is 3. The van der Waals surface area contributed by atoms with Gasteiger partial charge in [-0.25, -0.2) is 0 Å². The molecule has 3 nitrogen and oxygen atoms in total. The van der Waals surface area contributed by atoms with Gasteiger partial charge in [-0.05, 0) is 57.2 Å². The molecule has 0 atom stereocenters. The maximum absolute atomic E-state index is 13.3. The van der Waals surface area contributed by atoms with Gasteiger partial charge >= 0.3 is 5.97 Å². The molecule has 24 heavy (non-hydrogen) atoms. The van der Waals surface area contributed by atoms with Gasteiger partial charge < -0.3 is 4.74 Å². The predicted octanol–water partition coefficient (Wildman–Crippen LogP) is 4.71.